The van der Waals surface area contributed by atoms with E-state index in [-0.39, 0.29) is 54.5 Å². The maximum absolute atomic E-state index is 12.0. The summed E-state index contributed by atoms with van der Waals surface area (Å²) < 4.78 is 0. The van der Waals surface area contributed by atoms with Crippen LogP contribution in [-0.2, 0) is 16.1 Å². The molecule has 3 atom stereocenters. The van der Waals surface area contributed by atoms with E-state index in [1.165, 1.54) is 0 Å². The Labute approximate surface area is 167 Å². The number of piperidine rings is 1. The maximum Gasteiger partial charge on any atom is 0.228 e. The molecule has 0 spiro atoms. The smallest absolute Gasteiger partial charge is 0.228 e. The van der Waals surface area contributed by atoms with Gasteiger partial charge in [-0.3, -0.25) is 14.5 Å². The van der Waals surface area contributed by atoms with Crippen molar-refractivity contribution in [1.82, 2.24) is 4.90 Å². The minimum atomic E-state index is -0.233. The minimum Gasteiger partial charge on any atom is -0.369 e. The van der Waals surface area contributed by atoms with Crippen molar-refractivity contribution in [3.63, 3.8) is 0 Å². The number of rotatable bonds is 6. The van der Waals surface area contributed by atoms with Gasteiger partial charge in [0.05, 0.1) is 11.8 Å². The molecular weight excluding hydrogens is 375 g/mol. The number of nitrogens with two attached hydrogens (primary N) is 2. The van der Waals surface area contributed by atoms with Crippen molar-refractivity contribution in [2.75, 3.05) is 18.4 Å². The number of hydrogen-bond acceptors (Lipinski definition) is 4. The molecule has 1 saturated heterocycles. The SMILES string of the molecule is CC(N)C(C)C(=O)Nc1ccc(CN2CCCC(C(N)=O)C2)cc1.Cl.Cl. The fraction of sp³-hybridized carbons (Fsp3) is 0.556. The molecule has 26 heavy (non-hydrogen) atoms. The third kappa shape index (κ3) is 7.11. The van der Waals surface area contributed by atoms with E-state index in [1.54, 1.807) is 0 Å². The van der Waals surface area contributed by atoms with Gasteiger partial charge in [0.1, 0.15) is 0 Å². The van der Waals surface area contributed by atoms with Gasteiger partial charge in [-0.25, -0.2) is 0 Å². The number of carbonyl (C=O) groups excluding carboxylic acids is 2. The quantitative estimate of drug-likeness (QED) is 0.675. The fourth-order valence-corrected chi connectivity index (χ4v) is 2.88. The number of nitrogens with one attached hydrogen (secondary N) is 1. The summed E-state index contributed by atoms with van der Waals surface area (Å²) >= 11 is 0. The number of carbonyl (C=O) groups is 2. The third-order valence-corrected chi connectivity index (χ3v) is 4.74. The summed E-state index contributed by atoms with van der Waals surface area (Å²) in [5.41, 5.74) is 13.1. The summed E-state index contributed by atoms with van der Waals surface area (Å²) in [5, 5.41) is 2.88. The van der Waals surface area contributed by atoms with Gasteiger partial charge in [0.15, 0.2) is 0 Å². The minimum absolute atomic E-state index is 0. The van der Waals surface area contributed by atoms with Crippen LogP contribution < -0.4 is 16.8 Å². The fourth-order valence-electron chi connectivity index (χ4n) is 2.88. The van der Waals surface area contributed by atoms with Crippen molar-refractivity contribution in [1.29, 1.82) is 0 Å². The highest BCUT2D eigenvalue weighted by molar-refractivity contribution is 5.92. The van der Waals surface area contributed by atoms with E-state index in [0.717, 1.165) is 43.7 Å². The summed E-state index contributed by atoms with van der Waals surface area (Å²) in [5.74, 6) is -0.556. The molecule has 3 unspecified atom stereocenters. The van der Waals surface area contributed by atoms with Crippen molar-refractivity contribution in [2.45, 2.75) is 39.3 Å². The zero-order chi connectivity index (χ0) is 17.7. The van der Waals surface area contributed by atoms with Crippen molar-refractivity contribution in [2.24, 2.45) is 23.3 Å². The van der Waals surface area contributed by atoms with E-state index < -0.39 is 0 Å². The molecule has 0 saturated carbocycles. The average molecular weight is 405 g/mol. The number of likely N-dealkylation sites (tertiary alicyclic amines) is 1. The zero-order valence-corrected chi connectivity index (χ0v) is 16.9. The predicted molar refractivity (Wildman–Crippen MR) is 110 cm³/mol. The number of anilines is 1. The van der Waals surface area contributed by atoms with Crippen LogP contribution in [0.1, 0.15) is 32.3 Å². The Morgan fingerprint density at radius 2 is 1.85 bits per heavy atom. The molecule has 1 aliphatic rings. The van der Waals surface area contributed by atoms with Crippen molar-refractivity contribution in [3.8, 4) is 0 Å². The summed E-state index contributed by atoms with van der Waals surface area (Å²) in [6.45, 7) is 6.13. The van der Waals surface area contributed by atoms with Crippen LogP contribution in [0.4, 0.5) is 5.69 Å². The maximum atomic E-state index is 12.0. The molecule has 148 valence electrons. The monoisotopic (exact) mass is 404 g/mol. The molecule has 5 N–H and O–H groups in total. The number of nitrogens with zero attached hydrogens (tertiary/aromatic N) is 1. The van der Waals surface area contributed by atoms with E-state index >= 15 is 0 Å². The normalized spacial score (nSPS) is 19.4. The van der Waals surface area contributed by atoms with Crippen LogP contribution >= 0.6 is 24.8 Å². The summed E-state index contributed by atoms with van der Waals surface area (Å²) in [6, 6.07) is 7.62. The van der Waals surface area contributed by atoms with Gasteiger partial charge < -0.3 is 16.8 Å². The molecule has 8 heteroatoms. The first-order valence-electron chi connectivity index (χ1n) is 8.54. The van der Waals surface area contributed by atoms with Crippen molar-refractivity contribution < 1.29 is 9.59 Å². The van der Waals surface area contributed by atoms with E-state index in [2.05, 4.69) is 10.2 Å². The third-order valence-electron chi connectivity index (χ3n) is 4.74. The van der Waals surface area contributed by atoms with Crippen LogP contribution in [0.15, 0.2) is 24.3 Å². The van der Waals surface area contributed by atoms with Crippen LogP contribution in [0.3, 0.4) is 0 Å². The second-order valence-electron chi connectivity index (χ2n) is 6.81. The first-order valence-corrected chi connectivity index (χ1v) is 8.54. The molecule has 2 rings (SSSR count). The lowest BCUT2D eigenvalue weighted by Crippen LogP contribution is -2.40. The Balaban J connectivity index is 0.00000312. The first-order chi connectivity index (χ1) is 11.4. The highest BCUT2D eigenvalue weighted by Gasteiger charge is 2.23. The van der Waals surface area contributed by atoms with Crippen LogP contribution in [0.2, 0.25) is 0 Å². The standard InChI is InChI=1S/C18H28N4O2.2ClH/c1-12(13(2)19)18(24)21-16-7-5-14(6-8-16)10-22-9-3-4-15(11-22)17(20)23;;/h5-8,12-13,15H,3-4,9-11,19H2,1-2H3,(H2,20,23)(H,21,24);2*1H. The van der Waals surface area contributed by atoms with Gasteiger partial charge in [-0.2, -0.15) is 0 Å². The Morgan fingerprint density at radius 3 is 2.38 bits per heavy atom. The lowest BCUT2D eigenvalue weighted by molar-refractivity contribution is -0.123. The molecule has 1 aliphatic heterocycles. The summed E-state index contributed by atoms with van der Waals surface area (Å²) in [6.07, 6.45) is 1.88. The van der Waals surface area contributed by atoms with E-state index in [0.29, 0.717) is 0 Å². The van der Waals surface area contributed by atoms with Crippen molar-refractivity contribution in [3.05, 3.63) is 29.8 Å². The number of amides is 2. The van der Waals surface area contributed by atoms with Gasteiger partial charge in [0, 0.05) is 24.8 Å². The lowest BCUT2D eigenvalue weighted by Gasteiger charge is -2.31. The second kappa shape index (κ2) is 11.4. The largest absolute Gasteiger partial charge is 0.369 e. The number of hydrogen-bond donors (Lipinski definition) is 3. The second-order valence-corrected chi connectivity index (χ2v) is 6.81. The van der Waals surface area contributed by atoms with Crippen LogP contribution in [0.25, 0.3) is 0 Å². The number of halogens is 2. The molecule has 0 aliphatic carbocycles. The predicted octanol–water partition coefficient (Wildman–Crippen LogP) is 2.15. The number of benzene rings is 1. The lowest BCUT2D eigenvalue weighted by atomic mass is 9.97. The molecular formula is C18H30Cl2N4O2. The van der Waals surface area contributed by atoms with Crippen LogP contribution in [-0.4, -0.2) is 35.8 Å². The van der Waals surface area contributed by atoms with Crippen molar-refractivity contribution >= 4 is 42.3 Å². The van der Waals surface area contributed by atoms with Gasteiger partial charge in [-0.1, -0.05) is 19.1 Å². The van der Waals surface area contributed by atoms with E-state index in [4.69, 9.17) is 11.5 Å². The van der Waals surface area contributed by atoms with Gasteiger partial charge in [0.25, 0.3) is 0 Å². The Bertz CT molecular complexity index is 581. The van der Waals surface area contributed by atoms with Crippen LogP contribution in [0, 0.1) is 11.8 Å². The highest BCUT2D eigenvalue weighted by atomic mass is 35.5. The zero-order valence-electron chi connectivity index (χ0n) is 15.3. The molecule has 6 nitrogen and oxygen atoms in total. The summed E-state index contributed by atoms with van der Waals surface area (Å²) in [7, 11) is 0. The van der Waals surface area contributed by atoms with E-state index in [1.807, 2.05) is 38.1 Å². The van der Waals surface area contributed by atoms with Gasteiger partial charge in [-0.05, 0) is 44.0 Å². The molecule has 2 amide bonds. The Morgan fingerprint density at radius 1 is 1.23 bits per heavy atom. The number of primary amides is 1. The average Bonchev–Trinajstić information content (AvgIpc) is 2.56. The first kappa shape index (κ1) is 24.7. The Hall–Kier alpha value is -1.34. The van der Waals surface area contributed by atoms with E-state index in [9.17, 15) is 9.59 Å². The molecule has 0 aromatic heterocycles. The highest BCUT2D eigenvalue weighted by Crippen LogP contribution is 2.19. The molecule has 1 fully saturated rings. The molecule has 1 aromatic rings. The molecule has 1 aromatic carbocycles. The van der Waals surface area contributed by atoms with Gasteiger partial charge >= 0.3 is 0 Å². The van der Waals surface area contributed by atoms with Gasteiger partial charge in [-0.15, -0.1) is 24.8 Å². The summed E-state index contributed by atoms with van der Waals surface area (Å²) in [4.78, 5) is 25.6. The van der Waals surface area contributed by atoms with Crippen LogP contribution in [0.5, 0.6) is 0 Å². The topological polar surface area (TPSA) is 101 Å². The Kier molecular flexibility index (Phi) is 10.8. The molecule has 0 radical (unpaired) electrons. The molecule has 0 bridgehead atoms. The molecule has 1 heterocycles. The van der Waals surface area contributed by atoms with Gasteiger partial charge in [0.2, 0.25) is 11.8 Å².